The Hall–Kier alpha value is -1.48. The summed E-state index contributed by atoms with van der Waals surface area (Å²) >= 11 is 0. The molecule has 0 bridgehead atoms. The summed E-state index contributed by atoms with van der Waals surface area (Å²) in [5.74, 6) is -0.227. The lowest BCUT2D eigenvalue weighted by molar-refractivity contribution is -0.145. The van der Waals surface area contributed by atoms with Gasteiger partial charge < -0.3 is 4.74 Å². The molecular weight excluding hydrogens is 170 g/mol. The number of esters is 1. The Balaban J connectivity index is 2.53. The molecule has 70 valence electrons. The van der Waals surface area contributed by atoms with Gasteiger partial charge in [-0.25, -0.2) is 0 Å². The maximum Gasteiger partial charge on any atom is 0.308 e. The lowest BCUT2D eigenvalue weighted by Crippen LogP contribution is -2.11. The summed E-state index contributed by atoms with van der Waals surface area (Å²) in [4.78, 5) is 13.7. The van der Waals surface area contributed by atoms with E-state index in [1.165, 1.54) is 13.3 Å². The molecule has 1 atom stereocenters. The van der Waals surface area contributed by atoms with Crippen molar-refractivity contribution in [3.8, 4) is 0 Å². The van der Waals surface area contributed by atoms with E-state index in [9.17, 15) is 4.79 Å². The van der Waals surface area contributed by atoms with E-state index in [2.05, 4.69) is 14.8 Å². The highest BCUT2D eigenvalue weighted by Crippen LogP contribution is 2.30. The number of nitrogens with zero attached hydrogens (tertiary/aromatic N) is 3. The van der Waals surface area contributed by atoms with Gasteiger partial charge in [-0.05, 0) is 24.8 Å². The Kier molecular flexibility index (Phi) is 3.34. The van der Waals surface area contributed by atoms with Crippen LogP contribution in [0.5, 0.6) is 0 Å². The molecule has 1 aliphatic rings. The van der Waals surface area contributed by atoms with Gasteiger partial charge >= 0.3 is 5.97 Å². The number of rotatable bonds is 2. The fourth-order valence-corrected chi connectivity index (χ4v) is 1.47. The Labute approximate surface area is 76.0 Å². The molecule has 0 spiro atoms. The molecule has 5 nitrogen and oxygen atoms in total. The van der Waals surface area contributed by atoms with Gasteiger partial charge in [0.25, 0.3) is 0 Å². The van der Waals surface area contributed by atoms with Gasteiger partial charge in [-0.1, -0.05) is 10.7 Å². The molecule has 0 aromatic carbocycles. The van der Waals surface area contributed by atoms with Crippen molar-refractivity contribution in [2.24, 2.45) is 11.0 Å². The number of azide groups is 1. The van der Waals surface area contributed by atoms with Crippen LogP contribution in [-0.2, 0) is 9.53 Å². The molecule has 5 heteroatoms. The molecule has 1 unspecified atom stereocenters. The molecular formula is C8H11N3O2. The monoisotopic (exact) mass is 181 g/mol. The number of methoxy groups -OCH3 is 1. The summed E-state index contributed by atoms with van der Waals surface area (Å²) < 4.78 is 4.62. The van der Waals surface area contributed by atoms with E-state index >= 15 is 0 Å². The molecule has 0 heterocycles. The molecule has 1 saturated carbocycles. The van der Waals surface area contributed by atoms with E-state index in [4.69, 9.17) is 5.53 Å². The summed E-state index contributed by atoms with van der Waals surface area (Å²) in [6.45, 7) is 0. The summed E-state index contributed by atoms with van der Waals surface area (Å²) in [6, 6.07) is 0. The molecule has 0 saturated heterocycles. The van der Waals surface area contributed by atoms with Crippen LogP contribution in [0.2, 0.25) is 0 Å². The predicted octanol–water partition coefficient (Wildman–Crippen LogP) is 2.15. The van der Waals surface area contributed by atoms with E-state index in [1.54, 1.807) is 0 Å². The van der Waals surface area contributed by atoms with E-state index in [0.29, 0.717) is 6.42 Å². The van der Waals surface area contributed by atoms with Crippen molar-refractivity contribution in [1.82, 2.24) is 0 Å². The first kappa shape index (κ1) is 9.61. The van der Waals surface area contributed by atoms with Crippen LogP contribution in [0.3, 0.4) is 0 Å². The molecule has 0 aliphatic heterocycles. The number of allylic oxidation sites excluding steroid dienone is 1. The molecule has 13 heavy (non-hydrogen) atoms. The van der Waals surface area contributed by atoms with Gasteiger partial charge in [0.1, 0.15) is 0 Å². The van der Waals surface area contributed by atoms with E-state index in [-0.39, 0.29) is 11.9 Å². The van der Waals surface area contributed by atoms with Crippen molar-refractivity contribution in [3.63, 3.8) is 0 Å². The van der Waals surface area contributed by atoms with Crippen molar-refractivity contribution in [2.45, 2.75) is 19.3 Å². The number of hydrogen-bond acceptors (Lipinski definition) is 3. The van der Waals surface area contributed by atoms with Crippen LogP contribution >= 0.6 is 0 Å². The van der Waals surface area contributed by atoms with Gasteiger partial charge in [-0.3, -0.25) is 4.79 Å². The van der Waals surface area contributed by atoms with E-state index in [1.807, 2.05) is 0 Å². The lowest BCUT2D eigenvalue weighted by Gasteiger charge is -2.03. The second kappa shape index (κ2) is 4.52. The average Bonchev–Trinajstić information content (AvgIpc) is 2.62. The van der Waals surface area contributed by atoms with Crippen LogP contribution in [0, 0.1) is 5.92 Å². The van der Waals surface area contributed by atoms with Gasteiger partial charge in [0, 0.05) is 11.1 Å². The number of hydrogen-bond donors (Lipinski definition) is 0. The standard InChI is InChI=1S/C8H11N3O2/c1-13-8(12)7-3-2-6(4-7)5-10-11-9/h5,7H,2-4H2,1H3/b6-5-. The minimum atomic E-state index is -0.177. The average molecular weight is 181 g/mol. The van der Waals surface area contributed by atoms with E-state index in [0.717, 1.165) is 18.4 Å². The molecule has 1 fully saturated rings. The highest BCUT2D eigenvalue weighted by Gasteiger charge is 2.26. The molecule has 0 N–H and O–H groups in total. The maximum absolute atomic E-state index is 11.1. The van der Waals surface area contributed by atoms with Crippen LogP contribution in [0.15, 0.2) is 16.9 Å². The third-order valence-electron chi connectivity index (χ3n) is 2.15. The minimum Gasteiger partial charge on any atom is -0.469 e. The Morgan fingerprint density at radius 2 is 2.62 bits per heavy atom. The van der Waals surface area contributed by atoms with Crippen LogP contribution in [0.25, 0.3) is 10.4 Å². The number of carbonyl (C=O) groups excluding carboxylic acids is 1. The molecule has 0 aromatic rings. The fourth-order valence-electron chi connectivity index (χ4n) is 1.47. The summed E-state index contributed by atoms with van der Waals surface area (Å²) in [5, 5.41) is 3.34. The zero-order valence-corrected chi connectivity index (χ0v) is 7.43. The fraction of sp³-hybridized carbons (Fsp3) is 0.625. The van der Waals surface area contributed by atoms with Crippen molar-refractivity contribution in [3.05, 3.63) is 22.2 Å². The van der Waals surface area contributed by atoms with Crippen molar-refractivity contribution in [1.29, 1.82) is 0 Å². The van der Waals surface area contributed by atoms with Crippen LogP contribution in [-0.4, -0.2) is 13.1 Å². The zero-order chi connectivity index (χ0) is 9.68. The van der Waals surface area contributed by atoms with Crippen LogP contribution < -0.4 is 0 Å². The van der Waals surface area contributed by atoms with Crippen LogP contribution in [0.4, 0.5) is 0 Å². The molecule has 0 aromatic heterocycles. The number of ether oxygens (including phenoxy) is 1. The Morgan fingerprint density at radius 1 is 1.85 bits per heavy atom. The molecule has 0 radical (unpaired) electrons. The first-order valence-corrected chi connectivity index (χ1v) is 4.08. The highest BCUT2D eigenvalue weighted by atomic mass is 16.5. The second-order valence-corrected chi connectivity index (χ2v) is 2.96. The van der Waals surface area contributed by atoms with Gasteiger partial charge in [-0.2, -0.15) is 0 Å². The predicted molar refractivity (Wildman–Crippen MR) is 46.6 cm³/mol. The summed E-state index contributed by atoms with van der Waals surface area (Å²) in [7, 11) is 1.39. The van der Waals surface area contributed by atoms with Gasteiger partial charge in [-0.15, -0.1) is 0 Å². The maximum atomic E-state index is 11.1. The minimum absolute atomic E-state index is 0.0508. The second-order valence-electron chi connectivity index (χ2n) is 2.96. The summed E-state index contributed by atoms with van der Waals surface area (Å²) in [6.07, 6.45) is 3.76. The molecule has 1 rings (SSSR count). The number of carbonyl (C=O) groups is 1. The van der Waals surface area contributed by atoms with Crippen molar-refractivity contribution < 1.29 is 9.53 Å². The van der Waals surface area contributed by atoms with Crippen LogP contribution in [0.1, 0.15) is 19.3 Å². The lowest BCUT2D eigenvalue weighted by atomic mass is 10.1. The van der Waals surface area contributed by atoms with Crippen molar-refractivity contribution >= 4 is 5.97 Å². The van der Waals surface area contributed by atoms with Gasteiger partial charge in [0.05, 0.1) is 13.0 Å². The Bertz CT molecular complexity index is 279. The SMILES string of the molecule is COC(=O)C1CC/C(=C/N=[N+]=[N-])C1. The third-order valence-corrected chi connectivity index (χ3v) is 2.15. The van der Waals surface area contributed by atoms with Gasteiger partial charge in [0.2, 0.25) is 0 Å². The van der Waals surface area contributed by atoms with E-state index < -0.39 is 0 Å². The summed E-state index contributed by atoms with van der Waals surface area (Å²) in [5.41, 5.74) is 9.09. The first-order valence-electron chi connectivity index (χ1n) is 4.08. The first-order chi connectivity index (χ1) is 6.27. The normalized spacial score (nSPS) is 24.1. The Morgan fingerprint density at radius 3 is 3.23 bits per heavy atom. The highest BCUT2D eigenvalue weighted by molar-refractivity contribution is 5.73. The smallest absolute Gasteiger partial charge is 0.308 e. The quantitative estimate of drug-likeness (QED) is 0.283. The van der Waals surface area contributed by atoms with Crippen molar-refractivity contribution in [2.75, 3.05) is 7.11 Å². The molecule has 1 aliphatic carbocycles. The molecule has 0 amide bonds. The topological polar surface area (TPSA) is 75.1 Å². The zero-order valence-electron chi connectivity index (χ0n) is 7.43. The van der Waals surface area contributed by atoms with Gasteiger partial charge in [0.15, 0.2) is 0 Å². The third kappa shape index (κ3) is 2.49. The largest absolute Gasteiger partial charge is 0.469 e.